The molecule has 0 radical (unpaired) electrons. The van der Waals surface area contributed by atoms with Crippen molar-refractivity contribution < 1.29 is 29.0 Å². The minimum Gasteiger partial charge on any atom is -0.497 e. The van der Waals surface area contributed by atoms with E-state index in [-0.39, 0.29) is 18.1 Å². The molecule has 0 saturated carbocycles. The highest BCUT2D eigenvalue weighted by Gasteiger charge is 2.30. The molecule has 0 fully saturated rings. The van der Waals surface area contributed by atoms with E-state index in [1.807, 2.05) is 36.4 Å². The number of methoxy groups -OCH3 is 1. The number of alkyl carbamates (subject to hydrolysis) is 1. The van der Waals surface area contributed by atoms with Gasteiger partial charge in [-0.15, -0.1) is 0 Å². The second-order valence-corrected chi connectivity index (χ2v) is 9.05. The number of fused-ring (bicyclic) bond motifs is 3. The highest BCUT2D eigenvalue weighted by Crippen LogP contribution is 2.44. The number of carboxylic acids is 1. The second-order valence-electron chi connectivity index (χ2n) is 9.05. The molecule has 1 aliphatic carbocycles. The van der Waals surface area contributed by atoms with E-state index in [1.165, 1.54) is 31.4 Å². The van der Waals surface area contributed by atoms with Gasteiger partial charge in [0.2, 0.25) is 0 Å². The molecule has 4 aromatic carbocycles. The Morgan fingerprint density at radius 2 is 1.49 bits per heavy atom. The number of hydrogen-bond acceptors (Lipinski definition) is 5. The number of anilines is 1. The molecule has 0 aliphatic heterocycles. The van der Waals surface area contributed by atoms with Crippen LogP contribution in [0.4, 0.5) is 10.5 Å². The average molecular weight is 523 g/mol. The van der Waals surface area contributed by atoms with Crippen LogP contribution in [0.5, 0.6) is 5.75 Å². The second kappa shape index (κ2) is 11.1. The van der Waals surface area contributed by atoms with Gasteiger partial charge in [0.1, 0.15) is 18.4 Å². The molecule has 1 unspecified atom stereocenters. The van der Waals surface area contributed by atoms with Crippen molar-refractivity contribution in [3.63, 3.8) is 0 Å². The molecule has 0 heterocycles. The fourth-order valence-electron chi connectivity index (χ4n) is 4.79. The molecular formula is C31H26N2O6. The van der Waals surface area contributed by atoms with Gasteiger partial charge in [0.25, 0.3) is 5.91 Å². The van der Waals surface area contributed by atoms with E-state index in [0.717, 1.165) is 22.3 Å². The maximum absolute atomic E-state index is 13.3. The van der Waals surface area contributed by atoms with Crippen molar-refractivity contribution in [3.05, 3.63) is 119 Å². The zero-order chi connectivity index (χ0) is 27.4. The SMILES string of the molecule is COc1cccc(C(NC(=O)OCC2c3ccccc3-c3ccccc32)C(=O)Nc2ccc(C(=O)O)cc2)c1. The summed E-state index contributed by atoms with van der Waals surface area (Å²) in [6.45, 7) is 0.100. The first-order chi connectivity index (χ1) is 18.9. The third-order valence-electron chi connectivity index (χ3n) is 6.69. The fourth-order valence-corrected chi connectivity index (χ4v) is 4.79. The van der Waals surface area contributed by atoms with Crippen LogP contribution in [-0.2, 0) is 9.53 Å². The topological polar surface area (TPSA) is 114 Å². The molecule has 39 heavy (non-hydrogen) atoms. The van der Waals surface area contributed by atoms with E-state index in [4.69, 9.17) is 14.6 Å². The summed E-state index contributed by atoms with van der Waals surface area (Å²) in [7, 11) is 1.51. The zero-order valence-electron chi connectivity index (χ0n) is 21.1. The summed E-state index contributed by atoms with van der Waals surface area (Å²) < 4.78 is 11.0. The molecule has 196 valence electrons. The third kappa shape index (κ3) is 5.45. The lowest BCUT2D eigenvalue weighted by Crippen LogP contribution is -2.37. The van der Waals surface area contributed by atoms with Gasteiger partial charge in [0.15, 0.2) is 0 Å². The van der Waals surface area contributed by atoms with Crippen LogP contribution in [0.25, 0.3) is 11.1 Å². The van der Waals surface area contributed by atoms with Gasteiger partial charge in [0.05, 0.1) is 12.7 Å². The number of ether oxygens (including phenoxy) is 2. The Morgan fingerprint density at radius 1 is 0.846 bits per heavy atom. The van der Waals surface area contributed by atoms with Crippen molar-refractivity contribution in [1.29, 1.82) is 0 Å². The maximum atomic E-state index is 13.3. The predicted molar refractivity (Wildman–Crippen MR) is 146 cm³/mol. The molecule has 0 spiro atoms. The Kier molecular flexibility index (Phi) is 7.27. The number of rotatable bonds is 8. The van der Waals surface area contributed by atoms with Crippen LogP contribution in [0.2, 0.25) is 0 Å². The van der Waals surface area contributed by atoms with Gasteiger partial charge in [0, 0.05) is 11.6 Å². The number of nitrogens with one attached hydrogen (secondary N) is 2. The molecule has 5 rings (SSSR count). The Morgan fingerprint density at radius 3 is 2.10 bits per heavy atom. The maximum Gasteiger partial charge on any atom is 0.408 e. The van der Waals surface area contributed by atoms with Crippen LogP contribution in [0, 0.1) is 0 Å². The third-order valence-corrected chi connectivity index (χ3v) is 6.69. The molecular weight excluding hydrogens is 496 g/mol. The van der Waals surface area contributed by atoms with Crippen molar-refractivity contribution in [2.75, 3.05) is 19.0 Å². The summed E-state index contributed by atoms with van der Waals surface area (Å²) >= 11 is 0. The number of carbonyl (C=O) groups is 3. The summed E-state index contributed by atoms with van der Waals surface area (Å²) in [6.07, 6.45) is -0.749. The van der Waals surface area contributed by atoms with Gasteiger partial charge in [-0.05, 0) is 64.2 Å². The number of carbonyl (C=O) groups excluding carboxylic acids is 2. The van der Waals surface area contributed by atoms with Gasteiger partial charge < -0.3 is 25.2 Å². The van der Waals surface area contributed by atoms with E-state index in [2.05, 4.69) is 22.8 Å². The first-order valence-electron chi connectivity index (χ1n) is 12.3. The summed E-state index contributed by atoms with van der Waals surface area (Å²) in [5.74, 6) is -1.20. The largest absolute Gasteiger partial charge is 0.497 e. The minimum absolute atomic E-state index is 0.0918. The van der Waals surface area contributed by atoms with Crippen molar-refractivity contribution in [2.45, 2.75) is 12.0 Å². The summed E-state index contributed by atoms with van der Waals surface area (Å²) in [5.41, 5.74) is 5.36. The van der Waals surface area contributed by atoms with Gasteiger partial charge in [-0.25, -0.2) is 9.59 Å². The average Bonchev–Trinajstić information content (AvgIpc) is 3.28. The van der Waals surface area contributed by atoms with E-state index in [0.29, 0.717) is 17.0 Å². The normalized spacial score (nSPS) is 12.5. The number of amides is 2. The van der Waals surface area contributed by atoms with E-state index >= 15 is 0 Å². The molecule has 2 amide bonds. The van der Waals surface area contributed by atoms with E-state index < -0.39 is 24.0 Å². The Bertz CT molecular complexity index is 1490. The van der Waals surface area contributed by atoms with Crippen molar-refractivity contribution in [3.8, 4) is 16.9 Å². The fraction of sp³-hybridized carbons (Fsp3) is 0.129. The first-order valence-corrected chi connectivity index (χ1v) is 12.3. The van der Waals surface area contributed by atoms with Crippen LogP contribution in [0.3, 0.4) is 0 Å². The van der Waals surface area contributed by atoms with Crippen LogP contribution < -0.4 is 15.4 Å². The van der Waals surface area contributed by atoms with Crippen LogP contribution >= 0.6 is 0 Å². The number of hydrogen-bond donors (Lipinski definition) is 3. The van der Waals surface area contributed by atoms with E-state index in [9.17, 15) is 14.4 Å². The molecule has 0 bridgehead atoms. The van der Waals surface area contributed by atoms with Crippen LogP contribution in [-0.4, -0.2) is 36.8 Å². The lowest BCUT2D eigenvalue weighted by atomic mass is 9.98. The first kappa shape index (κ1) is 25.5. The standard InChI is InChI=1S/C31H26N2O6/c1-38-22-8-6-7-20(17-22)28(29(34)32-21-15-13-19(14-16-21)30(35)36)33-31(37)39-18-27-25-11-4-2-9-23(25)24-10-3-5-12-26(24)27/h2-17,27-28H,18H2,1H3,(H,32,34)(H,33,37)(H,35,36). The Balaban J connectivity index is 1.33. The van der Waals surface area contributed by atoms with Gasteiger partial charge in [-0.2, -0.15) is 0 Å². The molecule has 4 aromatic rings. The highest BCUT2D eigenvalue weighted by atomic mass is 16.5. The van der Waals surface area contributed by atoms with Crippen molar-refractivity contribution >= 4 is 23.7 Å². The Labute approximate surface area is 225 Å². The molecule has 3 N–H and O–H groups in total. The van der Waals surface area contributed by atoms with Crippen molar-refractivity contribution in [2.24, 2.45) is 0 Å². The lowest BCUT2D eigenvalue weighted by molar-refractivity contribution is -0.118. The van der Waals surface area contributed by atoms with Crippen LogP contribution in [0.15, 0.2) is 97.1 Å². The van der Waals surface area contributed by atoms with E-state index in [1.54, 1.807) is 24.3 Å². The molecule has 0 aromatic heterocycles. The summed E-state index contributed by atoms with van der Waals surface area (Å²) in [5, 5.41) is 14.5. The quantitative estimate of drug-likeness (QED) is 0.277. The summed E-state index contributed by atoms with van der Waals surface area (Å²) in [4.78, 5) is 37.5. The zero-order valence-corrected chi connectivity index (χ0v) is 21.1. The molecule has 0 saturated heterocycles. The van der Waals surface area contributed by atoms with Crippen LogP contribution in [0.1, 0.15) is 39.0 Å². The van der Waals surface area contributed by atoms with Gasteiger partial charge in [-0.1, -0.05) is 60.7 Å². The monoisotopic (exact) mass is 522 g/mol. The van der Waals surface area contributed by atoms with Gasteiger partial charge >= 0.3 is 12.1 Å². The number of aromatic carboxylic acids is 1. The number of carboxylic acid groups (broad SMARTS) is 1. The minimum atomic E-state index is -1.10. The molecule has 8 heteroatoms. The molecule has 1 aliphatic rings. The highest BCUT2D eigenvalue weighted by molar-refractivity contribution is 5.98. The molecule has 1 atom stereocenters. The lowest BCUT2D eigenvalue weighted by Gasteiger charge is -2.20. The number of benzene rings is 4. The van der Waals surface area contributed by atoms with Crippen molar-refractivity contribution in [1.82, 2.24) is 5.32 Å². The smallest absolute Gasteiger partial charge is 0.408 e. The molecule has 8 nitrogen and oxygen atoms in total. The summed E-state index contributed by atoms with van der Waals surface area (Å²) in [6, 6.07) is 27.5. The predicted octanol–water partition coefficient (Wildman–Crippen LogP) is 5.61. The van der Waals surface area contributed by atoms with Gasteiger partial charge in [-0.3, -0.25) is 4.79 Å². The Hall–Kier alpha value is -5.11.